The molecule has 1 aromatic heterocycles. The monoisotopic (exact) mass is 361 g/mol. The van der Waals surface area contributed by atoms with Crippen LogP contribution in [0.3, 0.4) is 0 Å². The van der Waals surface area contributed by atoms with Gasteiger partial charge < -0.3 is 20.1 Å². The van der Waals surface area contributed by atoms with Gasteiger partial charge in [-0.05, 0) is 31.9 Å². The molecule has 0 unspecified atom stereocenters. The van der Waals surface area contributed by atoms with Gasteiger partial charge >= 0.3 is 6.03 Å². The zero-order valence-corrected chi connectivity index (χ0v) is 14.4. The fourth-order valence-corrected chi connectivity index (χ4v) is 2.82. The van der Waals surface area contributed by atoms with Gasteiger partial charge in [0.25, 0.3) is 0 Å². The highest BCUT2D eigenvalue weighted by molar-refractivity contribution is 5.89. The molecule has 2 aromatic rings. The minimum absolute atomic E-state index is 0.102. The Labute approximate surface area is 149 Å². The van der Waals surface area contributed by atoms with E-state index < -0.39 is 5.82 Å². The van der Waals surface area contributed by atoms with Gasteiger partial charge in [0, 0.05) is 19.0 Å². The van der Waals surface area contributed by atoms with E-state index >= 15 is 0 Å². The Bertz CT molecular complexity index is 786. The first kappa shape index (κ1) is 17.8. The van der Waals surface area contributed by atoms with Gasteiger partial charge in [-0.25, -0.2) is 9.18 Å². The predicted octanol–water partition coefficient (Wildman–Crippen LogP) is 2.08. The lowest BCUT2D eigenvalue weighted by Gasteiger charge is -2.31. The Hall–Kier alpha value is -2.97. The number of para-hydroxylation sites is 1. The van der Waals surface area contributed by atoms with Gasteiger partial charge in [-0.3, -0.25) is 4.79 Å². The van der Waals surface area contributed by atoms with Crippen molar-refractivity contribution in [3.8, 4) is 0 Å². The Morgan fingerprint density at radius 2 is 2.04 bits per heavy atom. The summed E-state index contributed by atoms with van der Waals surface area (Å²) in [5, 5.41) is 8.99. The normalized spacial score (nSPS) is 14.9. The summed E-state index contributed by atoms with van der Waals surface area (Å²) in [6.07, 6.45) is 1.08. The summed E-state index contributed by atoms with van der Waals surface area (Å²) in [7, 11) is 0. The molecule has 1 aliphatic rings. The third-order valence-electron chi connectivity index (χ3n) is 4.25. The summed E-state index contributed by atoms with van der Waals surface area (Å²) in [4.78, 5) is 30.1. The average molecular weight is 361 g/mol. The van der Waals surface area contributed by atoms with Crippen molar-refractivity contribution in [2.75, 3.05) is 18.4 Å². The highest BCUT2D eigenvalue weighted by atomic mass is 19.1. The van der Waals surface area contributed by atoms with E-state index in [0.29, 0.717) is 37.6 Å². The molecule has 2 heterocycles. The van der Waals surface area contributed by atoms with Crippen LogP contribution in [0.1, 0.15) is 24.6 Å². The Kier molecular flexibility index (Phi) is 5.45. The molecular weight excluding hydrogens is 341 g/mol. The molecule has 1 fully saturated rings. The van der Waals surface area contributed by atoms with Crippen molar-refractivity contribution in [1.29, 1.82) is 0 Å². The van der Waals surface area contributed by atoms with Gasteiger partial charge in [-0.1, -0.05) is 17.3 Å². The minimum atomic E-state index is -0.480. The Morgan fingerprint density at radius 3 is 2.69 bits per heavy atom. The second-order valence-corrected chi connectivity index (χ2v) is 6.12. The van der Waals surface area contributed by atoms with E-state index in [1.807, 2.05) is 0 Å². The number of carbonyl (C=O) groups excluding carboxylic acids is 2. The number of rotatable bonds is 4. The van der Waals surface area contributed by atoms with Crippen molar-refractivity contribution < 1.29 is 18.5 Å². The SMILES string of the molecule is Cc1noc(CNC(=O)C2CCN(C(=O)Nc3ccccc3F)CC2)n1. The second-order valence-electron chi connectivity index (χ2n) is 6.12. The number of halogens is 1. The van der Waals surface area contributed by atoms with E-state index in [4.69, 9.17) is 4.52 Å². The molecule has 0 aliphatic carbocycles. The molecule has 3 amide bonds. The number of urea groups is 1. The maximum Gasteiger partial charge on any atom is 0.321 e. The Morgan fingerprint density at radius 1 is 1.31 bits per heavy atom. The van der Waals surface area contributed by atoms with Crippen LogP contribution in [0.4, 0.5) is 14.9 Å². The van der Waals surface area contributed by atoms with Gasteiger partial charge in [0.1, 0.15) is 5.82 Å². The second kappa shape index (κ2) is 7.94. The summed E-state index contributed by atoms with van der Waals surface area (Å²) in [5.74, 6) is 0.110. The number of nitrogens with zero attached hydrogens (tertiary/aromatic N) is 3. The molecule has 138 valence electrons. The van der Waals surface area contributed by atoms with Gasteiger partial charge in [0.05, 0.1) is 12.2 Å². The van der Waals surface area contributed by atoms with Crippen molar-refractivity contribution in [2.24, 2.45) is 5.92 Å². The van der Waals surface area contributed by atoms with Crippen LogP contribution in [-0.4, -0.2) is 40.1 Å². The first-order valence-electron chi connectivity index (χ1n) is 8.40. The highest BCUT2D eigenvalue weighted by Crippen LogP contribution is 2.19. The summed E-state index contributed by atoms with van der Waals surface area (Å²) in [6, 6.07) is 5.64. The van der Waals surface area contributed by atoms with Crippen LogP contribution in [0.15, 0.2) is 28.8 Å². The number of amides is 3. The molecule has 3 rings (SSSR count). The largest absolute Gasteiger partial charge is 0.347 e. The van der Waals surface area contributed by atoms with Crippen LogP contribution < -0.4 is 10.6 Å². The Balaban J connectivity index is 1.45. The first-order valence-corrected chi connectivity index (χ1v) is 8.40. The van der Waals surface area contributed by atoms with Crippen LogP contribution in [0, 0.1) is 18.7 Å². The predicted molar refractivity (Wildman–Crippen MR) is 90.6 cm³/mol. The minimum Gasteiger partial charge on any atom is -0.347 e. The highest BCUT2D eigenvalue weighted by Gasteiger charge is 2.27. The standard InChI is InChI=1S/C17H20FN5O3/c1-11-20-15(26-22-11)10-19-16(24)12-6-8-23(9-7-12)17(25)21-14-5-3-2-4-13(14)18/h2-5,12H,6-10H2,1H3,(H,19,24)(H,21,25). The number of nitrogens with one attached hydrogen (secondary N) is 2. The fraction of sp³-hybridized carbons (Fsp3) is 0.412. The van der Waals surface area contributed by atoms with Crippen LogP contribution in [0.2, 0.25) is 0 Å². The van der Waals surface area contributed by atoms with Gasteiger partial charge in [-0.15, -0.1) is 0 Å². The van der Waals surface area contributed by atoms with Gasteiger partial charge in [0.15, 0.2) is 5.82 Å². The summed E-state index contributed by atoms with van der Waals surface area (Å²) >= 11 is 0. The molecule has 2 N–H and O–H groups in total. The third kappa shape index (κ3) is 4.35. The third-order valence-corrected chi connectivity index (χ3v) is 4.25. The number of hydrogen-bond donors (Lipinski definition) is 2. The lowest BCUT2D eigenvalue weighted by Crippen LogP contribution is -2.44. The van der Waals surface area contributed by atoms with Crippen molar-refractivity contribution in [3.05, 3.63) is 41.8 Å². The molecule has 0 radical (unpaired) electrons. The molecule has 0 saturated carbocycles. The number of anilines is 1. The molecule has 26 heavy (non-hydrogen) atoms. The van der Waals surface area contributed by atoms with E-state index in [9.17, 15) is 14.0 Å². The molecule has 0 bridgehead atoms. The smallest absolute Gasteiger partial charge is 0.321 e. The molecule has 8 nitrogen and oxygen atoms in total. The zero-order chi connectivity index (χ0) is 18.5. The summed E-state index contributed by atoms with van der Waals surface area (Å²) in [5.41, 5.74) is 0.146. The lowest BCUT2D eigenvalue weighted by atomic mass is 9.96. The number of benzene rings is 1. The molecule has 1 aliphatic heterocycles. The van der Waals surface area contributed by atoms with E-state index in [1.165, 1.54) is 12.1 Å². The van der Waals surface area contributed by atoms with Crippen molar-refractivity contribution >= 4 is 17.6 Å². The maximum atomic E-state index is 13.6. The van der Waals surface area contributed by atoms with Crippen LogP contribution in [0.5, 0.6) is 0 Å². The van der Waals surface area contributed by atoms with E-state index in [2.05, 4.69) is 20.8 Å². The van der Waals surface area contributed by atoms with Gasteiger partial charge in [0.2, 0.25) is 11.8 Å². The molecular formula is C17H20FN5O3. The quantitative estimate of drug-likeness (QED) is 0.868. The summed E-state index contributed by atoms with van der Waals surface area (Å²) < 4.78 is 18.6. The lowest BCUT2D eigenvalue weighted by molar-refractivity contribution is -0.126. The number of piperidine rings is 1. The first-order chi connectivity index (χ1) is 12.5. The van der Waals surface area contributed by atoms with Gasteiger partial charge in [-0.2, -0.15) is 4.98 Å². The molecule has 0 spiro atoms. The van der Waals surface area contributed by atoms with Crippen LogP contribution >= 0.6 is 0 Å². The van der Waals surface area contributed by atoms with Crippen molar-refractivity contribution in [2.45, 2.75) is 26.3 Å². The number of carbonyl (C=O) groups is 2. The fourth-order valence-electron chi connectivity index (χ4n) is 2.82. The van der Waals surface area contributed by atoms with E-state index in [-0.39, 0.29) is 30.1 Å². The number of likely N-dealkylation sites (tertiary alicyclic amines) is 1. The summed E-state index contributed by atoms with van der Waals surface area (Å²) in [6.45, 7) is 2.75. The van der Waals surface area contributed by atoms with Crippen molar-refractivity contribution in [3.63, 3.8) is 0 Å². The van der Waals surface area contributed by atoms with Crippen LogP contribution in [0.25, 0.3) is 0 Å². The number of hydrogen-bond acceptors (Lipinski definition) is 5. The molecule has 1 saturated heterocycles. The van der Waals surface area contributed by atoms with E-state index in [1.54, 1.807) is 24.0 Å². The molecule has 9 heteroatoms. The number of aryl methyl sites for hydroxylation is 1. The topological polar surface area (TPSA) is 100 Å². The molecule has 1 aromatic carbocycles. The zero-order valence-electron chi connectivity index (χ0n) is 14.4. The van der Waals surface area contributed by atoms with Crippen molar-refractivity contribution in [1.82, 2.24) is 20.4 Å². The molecule has 0 atom stereocenters. The van der Waals surface area contributed by atoms with Crippen LogP contribution in [-0.2, 0) is 11.3 Å². The van der Waals surface area contributed by atoms with E-state index in [0.717, 1.165) is 0 Å². The average Bonchev–Trinajstić information content (AvgIpc) is 3.07. The number of aromatic nitrogens is 2. The maximum absolute atomic E-state index is 13.6.